The van der Waals surface area contributed by atoms with Crippen molar-refractivity contribution in [2.45, 2.75) is 24.3 Å². The number of thioether (sulfide) groups is 1. The molecule has 0 aromatic heterocycles. The lowest BCUT2D eigenvalue weighted by atomic mass is 10.1. The maximum atomic E-state index is 12.8. The number of para-hydroxylation sites is 1. The molecule has 2 N–H and O–H groups in total. The number of amides is 2. The van der Waals surface area contributed by atoms with E-state index in [0.29, 0.717) is 35.7 Å². The van der Waals surface area contributed by atoms with E-state index in [4.69, 9.17) is 9.47 Å². The van der Waals surface area contributed by atoms with Gasteiger partial charge in [0.05, 0.1) is 30.7 Å². The normalized spacial score (nSPS) is 11.4. The van der Waals surface area contributed by atoms with Gasteiger partial charge in [-0.25, -0.2) is 0 Å². The van der Waals surface area contributed by atoms with Crippen LogP contribution in [0.25, 0.3) is 0 Å². The molecule has 178 valence electrons. The Morgan fingerprint density at radius 2 is 1.59 bits per heavy atom. The third kappa shape index (κ3) is 7.02. The van der Waals surface area contributed by atoms with Crippen molar-refractivity contribution in [2.24, 2.45) is 0 Å². The Bertz CT molecular complexity index is 1100. The number of nitrogens with one attached hydrogen (secondary N) is 2. The molecule has 2 amide bonds. The monoisotopic (exact) mass is 478 g/mol. The van der Waals surface area contributed by atoms with Crippen LogP contribution in [0.5, 0.6) is 11.5 Å². The van der Waals surface area contributed by atoms with Crippen LogP contribution in [0.1, 0.15) is 28.4 Å². The summed E-state index contributed by atoms with van der Waals surface area (Å²) < 4.78 is 10.6. The molecule has 7 heteroatoms. The maximum absolute atomic E-state index is 12.8. The summed E-state index contributed by atoms with van der Waals surface area (Å²) in [5, 5.41) is 5.59. The van der Waals surface area contributed by atoms with Crippen LogP contribution in [0, 0.1) is 0 Å². The number of carbonyl (C=O) groups excluding carboxylic acids is 2. The molecular formula is C27H30N2O4S. The standard InChI is InChI=1S/C27H30N2O4S/c1-19(34-18-21-9-5-4-6-10-21)26(30)29-23-12-8-7-11-22(23)27(31)28-16-15-20-13-14-24(32-2)25(17-20)33-3/h4-14,17,19H,15-16,18H2,1-3H3,(H,28,31)(H,29,30)/t19-/m1/s1. The number of ether oxygens (including phenoxy) is 2. The van der Waals surface area contributed by atoms with Gasteiger partial charge in [0, 0.05) is 12.3 Å². The van der Waals surface area contributed by atoms with Crippen LogP contribution in [-0.4, -0.2) is 37.8 Å². The maximum Gasteiger partial charge on any atom is 0.253 e. The van der Waals surface area contributed by atoms with Gasteiger partial charge in [-0.15, -0.1) is 11.8 Å². The molecule has 3 rings (SSSR count). The molecule has 0 saturated heterocycles. The van der Waals surface area contributed by atoms with Gasteiger partial charge in [-0.1, -0.05) is 48.5 Å². The summed E-state index contributed by atoms with van der Waals surface area (Å²) in [6.45, 7) is 2.31. The molecule has 0 unspecified atom stereocenters. The summed E-state index contributed by atoms with van der Waals surface area (Å²) in [7, 11) is 3.19. The quantitative estimate of drug-likeness (QED) is 0.408. The second kappa shape index (κ2) is 12.7. The zero-order chi connectivity index (χ0) is 24.3. The Morgan fingerprint density at radius 1 is 0.882 bits per heavy atom. The van der Waals surface area contributed by atoms with Gasteiger partial charge in [-0.3, -0.25) is 9.59 Å². The van der Waals surface area contributed by atoms with Crippen molar-refractivity contribution in [2.75, 3.05) is 26.1 Å². The largest absolute Gasteiger partial charge is 0.493 e. The van der Waals surface area contributed by atoms with Gasteiger partial charge >= 0.3 is 0 Å². The van der Waals surface area contributed by atoms with Crippen LogP contribution in [0.2, 0.25) is 0 Å². The first-order valence-electron chi connectivity index (χ1n) is 11.1. The van der Waals surface area contributed by atoms with Gasteiger partial charge in [0.2, 0.25) is 5.91 Å². The lowest BCUT2D eigenvalue weighted by Gasteiger charge is -2.15. The van der Waals surface area contributed by atoms with Crippen LogP contribution in [-0.2, 0) is 17.0 Å². The van der Waals surface area contributed by atoms with Crippen LogP contribution in [0.3, 0.4) is 0 Å². The van der Waals surface area contributed by atoms with Crippen molar-refractivity contribution in [1.82, 2.24) is 5.32 Å². The second-order valence-electron chi connectivity index (χ2n) is 7.67. The molecule has 0 heterocycles. The highest BCUT2D eigenvalue weighted by Gasteiger charge is 2.17. The summed E-state index contributed by atoms with van der Waals surface area (Å²) in [6.07, 6.45) is 0.633. The minimum atomic E-state index is -0.263. The molecule has 1 atom stereocenters. The first-order chi connectivity index (χ1) is 16.5. The van der Waals surface area contributed by atoms with Crippen molar-refractivity contribution in [3.05, 3.63) is 89.5 Å². The van der Waals surface area contributed by atoms with Gasteiger partial charge in [0.25, 0.3) is 5.91 Å². The first kappa shape index (κ1) is 25.2. The van der Waals surface area contributed by atoms with Gasteiger partial charge in [-0.2, -0.15) is 0 Å². The summed E-state index contributed by atoms with van der Waals surface area (Å²) in [6, 6.07) is 22.8. The smallest absolute Gasteiger partial charge is 0.253 e. The van der Waals surface area contributed by atoms with Gasteiger partial charge in [0.15, 0.2) is 11.5 Å². The predicted molar refractivity (Wildman–Crippen MR) is 138 cm³/mol. The van der Waals surface area contributed by atoms with Crippen molar-refractivity contribution >= 4 is 29.3 Å². The fraction of sp³-hybridized carbons (Fsp3) is 0.259. The molecule has 0 aliphatic heterocycles. The van der Waals surface area contributed by atoms with E-state index in [9.17, 15) is 9.59 Å². The SMILES string of the molecule is COc1ccc(CCNC(=O)c2ccccc2NC(=O)[C@@H](C)SCc2ccccc2)cc1OC. The Hall–Kier alpha value is -3.45. The van der Waals surface area contributed by atoms with Crippen LogP contribution < -0.4 is 20.1 Å². The summed E-state index contributed by atoms with van der Waals surface area (Å²) in [5.74, 6) is 1.69. The fourth-order valence-electron chi connectivity index (χ4n) is 3.35. The van der Waals surface area contributed by atoms with E-state index in [1.54, 1.807) is 50.2 Å². The fourth-order valence-corrected chi connectivity index (χ4v) is 4.19. The summed E-state index contributed by atoms with van der Waals surface area (Å²) in [5.41, 5.74) is 3.12. The molecular weight excluding hydrogens is 448 g/mol. The zero-order valence-electron chi connectivity index (χ0n) is 19.7. The van der Waals surface area contributed by atoms with Gasteiger partial charge < -0.3 is 20.1 Å². The third-order valence-electron chi connectivity index (χ3n) is 5.29. The molecule has 0 bridgehead atoms. The zero-order valence-corrected chi connectivity index (χ0v) is 20.5. The number of anilines is 1. The van der Waals surface area contributed by atoms with E-state index in [1.165, 1.54) is 5.56 Å². The Labute approximate surface area is 205 Å². The molecule has 0 aliphatic carbocycles. The average molecular weight is 479 g/mol. The number of hydrogen-bond donors (Lipinski definition) is 2. The molecule has 0 saturated carbocycles. The van der Waals surface area contributed by atoms with E-state index in [1.807, 2.05) is 55.5 Å². The third-order valence-corrected chi connectivity index (χ3v) is 6.50. The summed E-state index contributed by atoms with van der Waals surface area (Å²) >= 11 is 1.56. The second-order valence-corrected chi connectivity index (χ2v) is 9.00. The Kier molecular flexibility index (Phi) is 9.40. The highest BCUT2D eigenvalue weighted by atomic mass is 32.2. The van der Waals surface area contributed by atoms with Crippen molar-refractivity contribution in [3.63, 3.8) is 0 Å². The molecule has 0 spiro atoms. The topological polar surface area (TPSA) is 76.7 Å². The minimum absolute atomic E-state index is 0.133. The minimum Gasteiger partial charge on any atom is -0.493 e. The van der Waals surface area contributed by atoms with Gasteiger partial charge in [0.1, 0.15) is 0 Å². The molecule has 3 aromatic rings. The van der Waals surface area contributed by atoms with Crippen LogP contribution in [0.4, 0.5) is 5.69 Å². The van der Waals surface area contributed by atoms with Crippen molar-refractivity contribution in [3.8, 4) is 11.5 Å². The molecule has 6 nitrogen and oxygen atoms in total. The molecule has 0 aliphatic rings. The highest BCUT2D eigenvalue weighted by Crippen LogP contribution is 2.27. The number of rotatable bonds is 11. The number of carbonyl (C=O) groups is 2. The molecule has 0 fully saturated rings. The van der Waals surface area contributed by atoms with E-state index in [2.05, 4.69) is 10.6 Å². The van der Waals surface area contributed by atoms with Gasteiger partial charge in [-0.05, 0) is 48.7 Å². The van der Waals surface area contributed by atoms with E-state index in [-0.39, 0.29) is 17.1 Å². The molecule has 0 radical (unpaired) electrons. The number of hydrogen-bond acceptors (Lipinski definition) is 5. The first-order valence-corrected chi connectivity index (χ1v) is 12.1. The number of methoxy groups -OCH3 is 2. The van der Waals surface area contributed by atoms with E-state index in [0.717, 1.165) is 11.3 Å². The Balaban J connectivity index is 1.55. The van der Waals surface area contributed by atoms with Crippen LogP contribution >= 0.6 is 11.8 Å². The summed E-state index contributed by atoms with van der Waals surface area (Å²) in [4.78, 5) is 25.6. The lowest BCUT2D eigenvalue weighted by Crippen LogP contribution is -2.28. The Morgan fingerprint density at radius 3 is 2.32 bits per heavy atom. The van der Waals surface area contributed by atoms with Crippen LogP contribution in [0.15, 0.2) is 72.8 Å². The predicted octanol–water partition coefficient (Wildman–Crippen LogP) is 4.94. The lowest BCUT2D eigenvalue weighted by molar-refractivity contribution is -0.115. The highest BCUT2D eigenvalue weighted by molar-refractivity contribution is 7.99. The molecule has 34 heavy (non-hydrogen) atoms. The van der Waals surface area contributed by atoms with E-state index < -0.39 is 0 Å². The average Bonchev–Trinajstić information content (AvgIpc) is 2.87. The van der Waals surface area contributed by atoms with Crippen molar-refractivity contribution in [1.29, 1.82) is 0 Å². The molecule has 3 aromatic carbocycles. The van der Waals surface area contributed by atoms with E-state index >= 15 is 0 Å². The number of benzene rings is 3. The van der Waals surface area contributed by atoms with Crippen molar-refractivity contribution < 1.29 is 19.1 Å².